The molecule has 0 heterocycles. The average Bonchev–Trinajstić information content (AvgIpc) is 2.04. The van der Waals surface area contributed by atoms with E-state index in [0.717, 1.165) is 5.56 Å². The number of benzene rings is 1. The molecule has 0 bridgehead atoms. The first-order valence-corrected chi connectivity index (χ1v) is 4.29. The number of halogens is 2. The minimum absolute atomic E-state index is 0.296. The van der Waals surface area contributed by atoms with Crippen molar-refractivity contribution in [2.24, 2.45) is 0 Å². The summed E-state index contributed by atoms with van der Waals surface area (Å²) in [4.78, 5) is 1.67. The first-order valence-electron chi connectivity index (χ1n) is 3.37. The lowest BCUT2D eigenvalue weighted by Gasteiger charge is -2.00. The normalized spacial score (nSPS) is 10.6. The highest BCUT2D eigenvalue weighted by Crippen LogP contribution is 2.17. The van der Waals surface area contributed by atoms with Gasteiger partial charge in [-0.25, -0.2) is 4.39 Å². The predicted octanol–water partition coefficient (Wildman–Crippen LogP) is 3.20. The highest BCUT2D eigenvalue weighted by Gasteiger charge is 1.97. The lowest BCUT2D eigenvalue weighted by molar-refractivity contribution is 0.411. The lowest BCUT2D eigenvalue weighted by Crippen LogP contribution is -1.85. The molecule has 0 spiro atoms. The third-order valence-electron chi connectivity index (χ3n) is 1.38. The minimum atomic E-state index is -0.296. The Bertz CT molecular complexity index is 297. The number of hydrogen-bond donors (Lipinski definition) is 0. The van der Waals surface area contributed by atoms with Gasteiger partial charge in [-0.05, 0) is 28.8 Å². The number of rotatable bonds is 2. The second-order valence-electron chi connectivity index (χ2n) is 2.22. The monoisotopic (exact) mass is 230 g/mol. The Morgan fingerprint density at radius 3 is 2.75 bits per heavy atom. The van der Waals surface area contributed by atoms with Crippen LogP contribution in [0, 0.1) is 5.82 Å². The molecule has 0 aromatic heterocycles. The van der Waals surface area contributed by atoms with Crippen LogP contribution < -0.4 is 4.74 Å². The third-order valence-corrected chi connectivity index (χ3v) is 1.65. The Balaban J connectivity index is 3.06. The molecule has 0 atom stereocenters. The van der Waals surface area contributed by atoms with Gasteiger partial charge in [-0.2, -0.15) is 0 Å². The van der Waals surface area contributed by atoms with Crippen molar-refractivity contribution in [3.05, 3.63) is 34.6 Å². The van der Waals surface area contributed by atoms with Gasteiger partial charge in [-0.15, -0.1) is 0 Å². The van der Waals surface area contributed by atoms with E-state index < -0.39 is 0 Å². The first-order chi connectivity index (χ1) is 5.76. The molecular formula is C9H8BrFO. The van der Waals surface area contributed by atoms with Crippen molar-refractivity contribution in [2.45, 2.75) is 0 Å². The molecule has 0 saturated carbocycles. The van der Waals surface area contributed by atoms with Gasteiger partial charge >= 0.3 is 0 Å². The van der Waals surface area contributed by atoms with Crippen molar-refractivity contribution in [1.82, 2.24) is 0 Å². The van der Waals surface area contributed by atoms with Gasteiger partial charge in [-0.3, -0.25) is 0 Å². The molecule has 0 radical (unpaired) electrons. The summed E-state index contributed by atoms with van der Waals surface area (Å²) in [5, 5.41) is 0. The minimum Gasteiger partial charge on any atom is -0.497 e. The van der Waals surface area contributed by atoms with E-state index in [1.807, 2.05) is 0 Å². The Morgan fingerprint density at radius 1 is 1.42 bits per heavy atom. The van der Waals surface area contributed by atoms with Gasteiger partial charge in [0.15, 0.2) is 0 Å². The second-order valence-corrected chi connectivity index (χ2v) is 2.75. The Labute approximate surface area is 79.0 Å². The summed E-state index contributed by atoms with van der Waals surface area (Å²) < 4.78 is 17.7. The van der Waals surface area contributed by atoms with Gasteiger partial charge in [0.2, 0.25) is 0 Å². The maximum atomic E-state index is 12.8. The van der Waals surface area contributed by atoms with E-state index in [1.54, 1.807) is 17.1 Å². The summed E-state index contributed by atoms with van der Waals surface area (Å²) in [7, 11) is 1.51. The van der Waals surface area contributed by atoms with Gasteiger partial charge in [0.05, 0.1) is 7.11 Å². The zero-order chi connectivity index (χ0) is 8.97. The smallest absolute Gasteiger partial charge is 0.127 e. The largest absolute Gasteiger partial charge is 0.497 e. The molecule has 0 N–H and O–H groups in total. The van der Waals surface area contributed by atoms with Crippen molar-refractivity contribution in [3.8, 4) is 5.75 Å². The molecule has 0 aliphatic heterocycles. The zero-order valence-corrected chi connectivity index (χ0v) is 8.14. The van der Waals surface area contributed by atoms with E-state index in [2.05, 4.69) is 15.9 Å². The fourth-order valence-electron chi connectivity index (χ4n) is 0.871. The number of hydrogen-bond acceptors (Lipinski definition) is 1. The fraction of sp³-hybridized carbons (Fsp3) is 0.111. The van der Waals surface area contributed by atoms with Crippen molar-refractivity contribution < 1.29 is 9.13 Å². The summed E-state index contributed by atoms with van der Waals surface area (Å²) >= 11 is 3.11. The van der Waals surface area contributed by atoms with Crippen molar-refractivity contribution in [2.75, 3.05) is 7.11 Å². The standard InChI is InChI=1S/C9H8BrFO/c1-12-9-5-7(2-3-10)4-8(11)6-9/h2-6H,1H3/b3-2+. The quantitative estimate of drug-likeness (QED) is 0.759. The molecule has 3 heteroatoms. The van der Waals surface area contributed by atoms with Crippen LogP contribution in [-0.2, 0) is 0 Å². The zero-order valence-electron chi connectivity index (χ0n) is 6.55. The van der Waals surface area contributed by atoms with Crippen LogP contribution in [0.3, 0.4) is 0 Å². The molecule has 12 heavy (non-hydrogen) atoms. The fourth-order valence-corrected chi connectivity index (χ4v) is 1.18. The summed E-state index contributed by atoms with van der Waals surface area (Å²) in [6.07, 6.45) is 1.74. The Kier molecular flexibility index (Phi) is 3.29. The third kappa shape index (κ3) is 2.34. The van der Waals surface area contributed by atoms with E-state index in [9.17, 15) is 4.39 Å². The van der Waals surface area contributed by atoms with Crippen molar-refractivity contribution in [1.29, 1.82) is 0 Å². The molecular weight excluding hydrogens is 223 g/mol. The molecule has 0 unspecified atom stereocenters. The molecule has 1 nitrogen and oxygen atoms in total. The highest BCUT2D eigenvalue weighted by molar-refractivity contribution is 9.11. The molecule has 1 aromatic rings. The van der Waals surface area contributed by atoms with Crippen LogP contribution in [0.2, 0.25) is 0 Å². The predicted molar refractivity (Wildman–Crippen MR) is 50.9 cm³/mol. The number of ether oxygens (including phenoxy) is 1. The summed E-state index contributed by atoms with van der Waals surface area (Å²) in [5.41, 5.74) is 0.767. The van der Waals surface area contributed by atoms with Gasteiger partial charge in [0.25, 0.3) is 0 Å². The first kappa shape index (κ1) is 9.26. The molecule has 0 fully saturated rings. The molecule has 0 aliphatic rings. The summed E-state index contributed by atoms with van der Waals surface area (Å²) in [5.74, 6) is 0.227. The average molecular weight is 231 g/mol. The van der Waals surface area contributed by atoms with Crippen LogP contribution in [-0.4, -0.2) is 7.11 Å². The molecule has 64 valence electrons. The molecule has 0 amide bonds. The van der Waals surface area contributed by atoms with Crippen LogP contribution in [0.5, 0.6) is 5.75 Å². The molecule has 0 saturated heterocycles. The SMILES string of the molecule is COc1cc(F)cc(/C=C/Br)c1. The van der Waals surface area contributed by atoms with Gasteiger partial charge in [0.1, 0.15) is 11.6 Å². The van der Waals surface area contributed by atoms with Crippen LogP contribution in [0.1, 0.15) is 5.56 Å². The van der Waals surface area contributed by atoms with Gasteiger partial charge < -0.3 is 4.74 Å². The second kappa shape index (κ2) is 4.26. The highest BCUT2D eigenvalue weighted by atomic mass is 79.9. The van der Waals surface area contributed by atoms with Crippen LogP contribution >= 0.6 is 15.9 Å². The van der Waals surface area contributed by atoms with E-state index in [1.165, 1.54) is 19.2 Å². The van der Waals surface area contributed by atoms with Crippen molar-refractivity contribution >= 4 is 22.0 Å². The Hall–Kier alpha value is -0.830. The maximum absolute atomic E-state index is 12.8. The topological polar surface area (TPSA) is 9.23 Å². The summed E-state index contributed by atoms with van der Waals surface area (Å²) in [6, 6.07) is 4.52. The van der Waals surface area contributed by atoms with Gasteiger partial charge in [0, 0.05) is 6.07 Å². The van der Waals surface area contributed by atoms with Crippen LogP contribution in [0.25, 0.3) is 6.08 Å². The van der Waals surface area contributed by atoms with E-state index >= 15 is 0 Å². The molecule has 1 rings (SSSR count). The molecule has 1 aromatic carbocycles. The molecule has 0 aliphatic carbocycles. The Morgan fingerprint density at radius 2 is 2.17 bits per heavy atom. The van der Waals surface area contributed by atoms with Crippen LogP contribution in [0.15, 0.2) is 23.2 Å². The van der Waals surface area contributed by atoms with Gasteiger partial charge in [-0.1, -0.05) is 15.9 Å². The van der Waals surface area contributed by atoms with Crippen LogP contribution in [0.4, 0.5) is 4.39 Å². The summed E-state index contributed by atoms with van der Waals surface area (Å²) in [6.45, 7) is 0. The maximum Gasteiger partial charge on any atom is 0.127 e. The van der Waals surface area contributed by atoms with E-state index in [4.69, 9.17) is 4.74 Å². The van der Waals surface area contributed by atoms with E-state index in [-0.39, 0.29) is 5.82 Å². The lowest BCUT2D eigenvalue weighted by atomic mass is 10.2. The van der Waals surface area contributed by atoms with Crippen molar-refractivity contribution in [3.63, 3.8) is 0 Å². The number of methoxy groups -OCH3 is 1. The van der Waals surface area contributed by atoms with E-state index in [0.29, 0.717) is 5.75 Å².